The number of halogens is 1. The Morgan fingerprint density at radius 1 is 0.960 bits per heavy atom. The third kappa shape index (κ3) is 3.66. The fraction of sp³-hybridized carbons (Fsp3) is 0.278. The first kappa shape index (κ1) is 17.4. The van der Waals surface area contributed by atoms with Gasteiger partial charge in [0.2, 0.25) is 0 Å². The third-order valence-corrected chi connectivity index (χ3v) is 5.43. The van der Waals surface area contributed by atoms with Crippen molar-refractivity contribution in [2.45, 2.75) is 4.90 Å². The molecule has 1 heterocycles. The minimum Gasteiger partial charge on any atom is -0.366 e. The van der Waals surface area contributed by atoms with E-state index in [1.807, 2.05) is 4.90 Å². The average molecular weight is 362 g/mol. The first-order chi connectivity index (χ1) is 11.9. The number of hydrogen-bond acceptors (Lipinski definition) is 4. The molecule has 1 fully saturated rings. The Kier molecular flexibility index (Phi) is 4.76. The Balaban J connectivity index is 1.76. The van der Waals surface area contributed by atoms with Crippen LogP contribution in [0.3, 0.4) is 0 Å². The summed E-state index contributed by atoms with van der Waals surface area (Å²) in [5.41, 5.74) is 0.704. The van der Waals surface area contributed by atoms with E-state index < -0.39 is 9.84 Å². The van der Waals surface area contributed by atoms with Crippen molar-refractivity contribution in [3.05, 3.63) is 59.9 Å². The van der Waals surface area contributed by atoms with Gasteiger partial charge in [-0.05, 0) is 24.3 Å². The summed E-state index contributed by atoms with van der Waals surface area (Å²) < 4.78 is 37.7. The number of sulfone groups is 1. The number of benzene rings is 2. The summed E-state index contributed by atoms with van der Waals surface area (Å²) in [6, 6.07) is 12.8. The minimum atomic E-state index is -3.48. The molecule has 1 saturated heterocycles. The van der Waals surface area contributed by atoms with Crippen molar-refractivity contribution in [1.82, 2.24) is 4.90 Å². The monoisotopic (exact) mass is 362 g/mol. The second-order valence-electron chi connectivity index (χ2n) is 6.00. The molecule has 0 N–H and O–H groups in total. The van der Waals surface area contributed by atoms with Crippen molar-refractivity contribution in [2.75, 3.05) is 37.3 Å². The Hall–Kier alpha value is -2.41. The van der Waals surface area contributed by atoms with E-state index in [2.05, 4.69) is 0 Å². The number of carbonyl (C=O) groups excluding carboxylic acids is 1. The van der Waals surface area contributed by atoms with Gasteiger partial charge in [-0.25, -0.2) is 12.8 Å². The molecule has 0 saturated carbocycles. The van der Waals surface area contributed by atoms with Gasteiger partial charge in [0.1, 0.15) is 5.82 Å². The smallest absolute Gasteiger partial charge is 0.255 e. The molecule has 0 aliphatic carbocycles. The van der Waals surface area contributed by atoms with Gasteiger partial charge in [-0.15, -0.1) is 0 Å². The molecule has 0 aromatic heterocycles. The predicted molar refractivity (Wildman–Crippen MR) is 94.1 cm³/mol. The molecular formula is C18H19FN2O3S. The SMILES string of the molecule is CS(=O)(=O)c1ccccc1C(=O)N1CCN(c2ccccc2F)CC1. The van der Waals surface area contributed by atoms with Gasteiger partial charge in [0, 0.05) is 32.4 Å². The van der Waals surface area contributed by atoms with Crippen molar-refractivity contribution in [1.29, 1.82) is 0 Å². The van der Waals surface area contributed by atoms with Crippen LogP contribution in [0.1, 0.15) is 10.4 Å². The average Bonchev–Trinajstić information content (AvgIpc) is 2.61. The van der Waals surface area contributed by atoms with Gasteiger partial charge in [0.05, 0.1) is 16.1 Å². The second kappa shape index (κ2) is 6.84. The van der Waals surface area contributed by atoms with Gasteiger partial charge < -0.3 is 9.80 Å². The summed E-state index contributed by atoms with van der Waals surface area (Å²) in [5.74, 6) is -0.598. The molecule has 0 bridgehead atoms. The molecule has 5 nitrogen and oxygen atoms in total. The fourth-order valence-electron chi connectivity index (χ4n) is 3.00. The molecule has 0 atom stereocenters. The molecule has 0 unspecified atom stereocenters. The molecule has 1 aliphatic heterocycles. The number of nitrogens with zero attached hydrogens (tertiary/aromatic N) is 2. The summed E-state index contributed by atoms with van der Waals surface area (Å²) >= 11 is 0. The largest absolute Gasteiger partial charge is 0.366 e. The summed E-state index contributed by atoms with van der Waals surface area (Å²) in [4.78, 5) is 16.3. The van der Waals surface area contributed by atoms with Crippen molar-refractivity contribution >= 4 is 21.4 Å². The van der Waals surface area contributed by atoms with E-state index in [0.717, 1.165) is 6.26 Å². The van der Waals surface area contributed by atoms with E-state index in [9.17, 15) is 17.6 Å². The number of piperazine rings is 1. The maximum atomic E-state index is 13.9. The molecule has 2 aromatic carbocycles. The Morgan fingerprint density at radius 3 is 2.20 bits per heavy atom. The number of hydrogen-bond donors (Lipinski definition) is 0. The van der Waals surface area contributed by atoms with Crippen LogP contribution in [0.2, 0.25) is 0 Å². The molecule has 2 aromatic rings. The third-order valence-electron chi connectivity index (χ3n) is 4.28. The number of anilines is 1. The lowest BCUT2D eigenvalue weighted by atomic mass is 10.1. The highest BCUT2D eigenvalue weighted by molar-refractivity contribution is 7.90. The van der Waals surface area contributed by atoms with Crippen LogP contribution in [0.15, 0.2) is 53.4 Å². The van der Waals surface area contributed by atoms with Crippen LogP contribution < -0.4 is 4.90 Å². The van der Waals surface area contributed by atoms with Gasteiger partial charge >= 0.3 is 0 Å². The maximum Gasteiger partial charge on any atom is 0.255 e. The first-order valence-corrected chi connectivity index (χ1v) is 9.85. The Bertz CT molecular complexity index is 891. The minimum absolute atomic E-state index is 0.0385. The Labute approximate surface area is 146 Å². The van der Waals surface area contributed by atoms with Crippen molar-refractivity contribution in [3.63, 3.8) is 0 Å². The van der Waals surface area contributed by atoms with E-state index in [1.54, 1.807) is 35.2 Å². The van der Waals surface area contributed by atoms with Gasteiger partial charge in [-0.3, -0.25) is 4.79 Å². The van der Waals surface area contributed by atoms with Crippen LogP contribution in [0.25, 0.3) is 0 Å². The molecule has 25 heavy (non-hydrogen) atoms. The number of amides is 1. The normalized spacial score (nSPS) is 15.3. The van der Waals surface area contributed by atoms with Gasteiger partial charge in [-0.1, -0.05) is 24.3 Å². The zero-order chi connectivity index (χ0) is 18.0. The lowest BCUT2D eigenvalue weighted by Crippen LogP contribution is -2.49. The van der Waals surface area contributed by atoms with E-state index in [0.29, 0.717) is 31.9 Å². The second-order valence-corrected chi connectivity index (χ2v) is 7.98. The molecule has 0 spiro atoms. The standard InChI is InChI=1S/C18H19FN2O3S/c1-25(23,24)17-9-5-2-6-14(17)18(22)21-12-10-20(11-13-21)16-8-4-3-7-15(16)19/h2-9H,10-13H2,1H3. The zero-order valence-electron chi connectivity index (χ0n) is 13.9. The van der Waals surface area contributed by atoms with Crippen LogP contribution in [-0.2, 0) is 9.84 Å². The van der Waals surface area contributed by atoms with E-state index in [1.165, 1.54) is 18.2 Å². The highest BCUT2D eigenvalue weighted by Gasteiger charge is 2.26. The van der Waals surface area contributed by atoms with Crippen LogP contribution in [-0.4, -0.2) is 51.7 Å². The van der Waals surface area contributed by atoms with Crippen LogP contribution in [0, 0.1) is 5.82 Å². The summed E-state index contributed by atoms with van der Waals surface area (Å²) in [6.45, 7) is 1.80. The topological polar surface area (TPSA) is 57.7 Å². The number of para-hydroxylation sites is 1. The summed E-state index contributed by atoms with van der Waals surface area (Å²) in [5, 5.41) is 0. The molecule has 1 amide bonds. The highest BCUT2D eigenvalue weighted by atomic mass is 32.2. The van der Waals surface area contributed by atoms with Crippen molar-refractivity contribution < 1.29 is 17.6 Å². The quantitative estimate of drug-likeness (QED) is 0.840. The summed E-state index contributed by atoms with van der Waals surface area (Å²) in [6.07, 6.45) is 1.09. The molecule has 7 heteroatoms. The molecule has 132 valence electrons. The van der Waals surface area contributed by atoms with Gasteiger partial charge in [0.15, 0.2) is 9.84 Å². The van der Waals surface area contributed by atoms with Crippen LogP contribution in [0.5, 0.6) is 0 Å². The Morgan fingerprint density at radius 2 is 1.56 bits per heavy atom. The lowest BCUT2D eigenvalue weighted by molar-refractivity contribution is 0.0742. The number of carbonyl (C=O) groups is 1. The molecule has 3 rings (SSSR count). The fourth-order valence-corrected chi connectivity index (χ4v) is 3.88. The first-order valence-electron chi connectivity index (χ1n) is 7.96. The van der Waals surface area contributed by atoms with E-state index in [-0.39, 0.29) is 22.2 Å². The maximum absolute atomic E-state index is 13.9. The molecule has 0 radical (unpaired) electrons. The predicted octanol–water partition coefficient (Wildman–Crippen LogP) is 2.19. The van der Waals surface area contributed by atoms with E-state index in [4.69, 9.17) is 0 Å². The van der Waals surface area contributed by atoms with Crippen molar-refractivity contribution in [3.8, 4) is 0 Å². The highest BCUT2D eigenvalue weighted by Crippen LogP contribution is 2.22. The van der Waals surface area contributed by atoms with Gasteiger partial charge in [0.25, 0.3) is 5.91 Å². The van der Waals surface area contributed by atoms with E-state index >= 15 is 0 Å². The molecular weight excluding hydrogens is 343 g/mol. The van der Waals surface area contributed by atoms with Gasteiger partial charge in [-0.2, -0.15) is 0 Å². The lowest BCUT2D eigenvalue weighted by Gasteiger charge is -2.36. The zero-order valence-corrected chi connectivity index (χ0v) is 14.7. The molecule has 1 aliphatic rings. The van der Waals surface area contributed by atoms with Crippen LogP contribution >= 0.6 is 0 Å². The van der Waals surface area contributed by atoms with Crippen molar-refractivity contribution in [2.24, 2.45) is 0 Å². The van der Waals surface area contributed by atoms with Crippen LogP contribution in [0.4, 0.5) is 10.1 Å². The number of rotatable bonds is 3. The summed E-state index contributed by atoms with van der Waals surface area (Å²) in [7, 11) is -3.48.